The Labute approximate surface area is 94.9 Å². The van der Waals surface area contributed by atoms with Gasteiger partial charge in [0, 0.05) is 4.91 Å². The molecule has 0 aliphatic carbocycles. The standard InChI is InChI=1S/C10H19N3O3/c1-5-7(14)8(15)6(12-13-11)9(16-5)10(2,3)4/h5-9,14-15H,1-4H3/t5-,6+,7-,8-,9+/m0/s1. The van der Waals surface area contributed by atoms with Crippen LogP contribution in [0.1, 0.15) is 27.7 Å². The van der Waals surface area contributed by atoms with E-state index in [0.29, 0.717) is 0 Å². The van der Waals surface area contributed by atoms with Crippen LogP contribution in [0.4, 0.5) is 0 Å². The summed E-state index contributed by atoms with van der Waals surface area (Å²) in [6.45, 7) is 7.51. The summed E-state index contributed by atoms with van der Waals surface area (Å²) in [5.74, 6) is 0. The maximum Gasteiger partial charge on any atom is 0.106 e. The number of hydrogen-bond donors (Lipinski definition) is 2. The summed E-state index contributed by atoms with van der Waals surface area (Å²) in [7, 11) is 0. The highest BCUT2D eigenvalue weighted by atomic mass is 16.5. The number of nitrogens with zero attached hydrogens (tertiary/aromatic N) is 3. The summed E-state index contributed by atoms with van der Waals surface area (Å²) < 4.78 is 5.62. The van der Waals surface area contributed by atoms with Gasteiger partial charge in [0.1, 0.15) is 6.10 Å². The van der Waals surface area contributed by atoms with Crippen molar-refractivity contribution in [1.82, 2.24) is 0 Å². The molecule has 1 rings (SSSR count). The van der Waals surface area contributed by atoms with Crippen LogP contribution >= 0.6 is 0 Å². The first-order chi connectivity index (χ1) is 7.29. The minimum atomic E-state index is -1.08. The molecule has 1 fully saturated rings. The maximum absolute atomic E-state index is 9.88. The summed E-state index contributed by atoms with van der Waals surface area (Å²) in [6, 6.07) is -0.754. The van der Waals surface area contributed by atoms with E-state index in [1.807, 2.05) is 20.8 Å². The zero-order valence-corrected chi connectivity index (χ0v) is 10.0. The molecule has 0 radical (unpaired) electrons. The molecule has 0 spiro atoms. The Kier molecular flexibility index (Phi) is 3.80. The molecule has 16 heavy (non-hydrogen) atoms. The van der Waals surface area contributed by atoms with E-state index in [1.165, 1.54) is 0 Å². The van der Waals surface area contributed by atoms with Gasteiger partial charge in [0.05, 0.1) is 24.4 Å². The van der Waals surface area contributed by atoms with E-state index in [-0.39, 0.29) is 5.41 Å². The van der Waals surface area contributed by atoms with Crippen LogP contribution in [-0.2, 0) is 4.74 Å². The molecule has 0 aromatic rings. The molecule has 92 valence electrons. The van der Waals surface area contributed by atoms with Gasteiger partial charge in [-0.15, -0.1) is 0 Å². The van der Waals surface area contributed by atoms with Gasteiger partial charge in [-0.05, 0) is 17.9 Å². The first-order valence-corrected chi connectivity index (χ1v) is 5.35. The quantitative estimate of drug-likeness (QED) is 0.401. The molecular weight excluding hydrogens is 210 g/mol. The van der Waals surface area contributed by atoms with Crippen molar-refractivity contribution in [2.24, 2.45) is 10.5 Å². The predicted octanol–water partition coefficient (Wildman–Crippen LogP) is 1.22. The Morgan fingerprint density at radius 2 is 1.81 bits per heavy atom. The average Bonchev–Trinajstić information content (AvgIpc) is 2.17. The van der Waals surface area contributed by atoms with Gasteiger partial charge < -0.3 is 14.9 Å². The lowest BCUT2D eigenvalue weighted by Gasteiger charge is -2.45. The highest BCUT2D eigenvalue weighted by molar-refractivity contribution is 4.99. The van der Waals surface area contributed by atoms with E-state index < -0.39 is 30.5 Å². The summed E-state index contributed by atoms with van der Waals surface area (Å²) in [5, 5.41) is 23.1. The molecule has 2 N–H and O–H groups in total. The molecule has 0 saturated carbocycles. The molecule has 0 aromatic carbocycles. The Morgan fingerprint density at radius 1 is 1.25 bits per heavy atom. The summed E-state index contributed by atoms with van der Waals surface area (Å²) in [4.78, 5) is 2.71. The smallest absolute Gasteiger partial charge is 0.106 e. The molecule has 0 unspecified atom stereocenters. The molecule has 1 heterocycles. The molecule has 5 atom stereocenters. The first-order valence-electron chi connectivity index (χ1n) is 5.35. The largest absolute Gasteiger partial charge is 0.390 e. The summed E-state index contributed by atoms with van der Waals surface area (Å²) in [6.07, 6.45) is -2.97. The second-order valence-corrected chi connectivity index (χ2v) is 5.30. The third-order valence-electron chi connectivity index (χ3n) is 2.89. The van der Waals surface area contributed by atoms with Crippen LogP contribution in [0.25, 0.3) is 10.4 Å². The van der Waals surface area contributed by atoms with E-state index in [4.69, 9.17) is 10.3 Å². The Hall–Kier alpha value is -0.810. The molecule has 1 aliphatic heterocycles. The zero-order chi connectivity index (χ0) is 12.5. The normalized spacial score (nSPS) is 40.2. The van der Waals surface area contributed by atoms with Gasteiger partial charge in [-0.3, -0.25) is 0 Å². The third-order valence-corrected chi connectivity index (χ3v) is 2.89. The van der Waals surface area contributed by atoms with E-state index in [1.54, 1.807) is 6.92 Å². The van der Waals surface area contributed by atoms with Crippen LogP contribution in [0, 0.1) is 5.41 Å². The number of ether oxygens (including phenoxy) is 1. The molecule has 0 bridgehead atoms. The fraction of sp³-hybridized carbons (Fsp3) is 1.00. The summed E-state index contributed by atoms with van der Waals surface area (Å²) >= 11 is 0. The predicted molar refractivity (Wildman–Crippen MR) is 58.7 cm³/mol. The first kappa shape index (κ1) is 13.3. The Balaban J connectivity index is 3.01. The fourth-order valence-corrected chi connectivity index (χ4v) is 1.96. The van der Waals surface area contributed by atoms with Gasteiger partial charge in [-0.1, -0.05) is 25.9 Å². The van der Waals surface area contributed by atoms with Crippen molar-refractivity contribution in [2.45, 2.75) is 58.2 Å². The van der Waals surface area contributed by atoms with E-state index >= 15 is 0 Å². The number of rotatable bonds is 1. The van der Waals surface area contributed by atoms with E-state index in [2.05, 4.69) is 10.0 Å². The maximum atomic E-state index is 9.88. The van der Waals surface area contributed by atoms with Crippen LogP contribution in [0.3, 0.4) is 0 Å². The number of aliphatic hydroxyl groups excluding tert-OH is 2. The van der Waals surface area contributed by atoms with Crippen molar-refractivity contribution in [3.05, 3.63) is 10.4 Å². The minimum absolute atomic E-state index is 0.270. The number of azide groups is 1. The SMILES string of the molecule is C[C@@H]1O[C@@H](C(C)(C)C)[C@H](N=[N+]=[N-])[C@H](O)[C@H]1O. The van der Waals surface area contributed by atoms with Gasteiger partial charge in [-0.25, -0.2) is 0 Å². The van der Waals surface area contributed by atoms with Crippen LogP contribution in [0.15, 0.2) is 5.11 Å². The second-order valence-electron chi connectivity index (χ2n) is 5.30. The van der Waals surface area contributed by atoms with Crippen LogP contribution in [0.2, 0.25) is 0 Å². The lowest BCUT2D eigenvalue weighted by Crippen LogP contribution is -2.59. The van der Waals surface area contributed by atoms with Crippen LogP contribution in [-0.4, -0.2) is 40.7 Å². The molecule has 0 amide bonds. The lowest BCUT2D eigenvalue weighted by molar-refractivity contribution is -0.196. The van der Waals surface area contributed by atoms with Crippen molar-refractivity contribution >= 4 is 0 Å². The van der Waals surface area contributed by atoms with Crippen molar-refractivity contribution in [3.8, 4) is 0 Å². The minimum Gasteiger partial charge on any atom is -0.390 e. The number of aliphatic hydroxyl groups is 2. The topological polar surface area (TPSA) is 98.5 Å². The summed E-state index contributed by atoms with van der Waals surface area (Å²) in [5.41, 5.74) is 8.21. The van der Waals surface area contributed by atoms with Crippen molar-refractivity contribution < 1.29 is 14.9 Å². The fourth-order valence-electron chi connectivity index (χ4n) is 1.96. The Bertz CT molecular complexity index is 296. The molecule has 1 aliphatic rings. The highest BCUT2D eigenvalue weighted by Crippen LogP contribution is 2.34. The monoisotopic (exact) mass is 229 g/mol. The molecule has 0 aromatic heterocycles. The van der Waals surface area contributed by atoms with Gasteiger partial charge in [0.2, 0.25) is 0 Å². The van der Waals surface area contributed by atoms with Gasteiger partial charge in [0.15, 0.2) is 0 Å². The highest BCUT2D eigenvalue weighted by Gasteiger charge is 2.46. The molecule has 6 nitrogen and oxygen atoms in total. The van der Waals surface area contributed by atoms with E-state index in [9.17, 15) is 10.2 Å². The van der Waals surface area contributed by atoms with Gasteiger partial charge in [0.25, 0.3) is 0 Å². The molecule has 1 saturated heterocycles. The van der Waals surface area contributed by atoms with Crippen LogP contribution < -0.4 is 0 Å². The van der Waals surface area contributed by atoms with Gasteiger partial charge in [-0.2, -0.15) is 0 Å². The zero-order valence-electron chi connectivity index (χ0n) is 10.0. The Morgan fingerprint density at radius 3 is 2.25 bits per heavy atom. The van der Waals surface area contributed by atoms with Crippen LogP contribution in [0.5, 0.6) is 0 Å². The second kappa shape index (κ2) is 4.59. The van der Waals surface area contributed by atoms with Crippen molar-refractivity contribution in [1.29, 1.82) is 0 Å². The number of hydrogen-bond acceptors (Lipinski definition) is 4. The van der Waals surface area contributed by atoms with E-state index in [0.717, 1.165) is 0 Å². The third kappa shape index (κ3) is 2.47. The molecular formula is C10H19N3O3. The van der Waals surface area contributed by atoms with Crippen molar-refractivity contribution in [3.63, 3.8) is 0 Å². The molecule has 6 heteroatoms. The average molecular weight is 229 g/mol. The lowest BCUT2D eigenvalue weighted by atomic mass is 9.79. The van der Waals surface area contributed by atoms with Crippen molar-refractivity contribution in [2.75, 3.05) is 0 Å². The van der Waals surface area contributed by atoms with Gasteiger partial charge >= 0.3 is 0 Å².